The zero-order valence-electron chi connectivity index (χ0n) is 8.99. The quantitative estimate of drug-likeness (QED) is 0.689. The predicted molar refractivity (Wildman–Crippen MR) is 61.3 cm³/mol. The van der Waals surface area contributed by atoms with Gasteiger partial charge in [-0.1, -0.05) is 6.07 Å². The molecule has 1 heterocycles. The van der Waals surface area contributed by atoms with Crippen LogP contribution in [0.5, 0.6) is 0 Å². The number of hydrogen-bond acceptors (Lipinski definition) is 3. The fraction of sp³-hybridized carbons (Fsp3) is 0.364. The SMILES string of the molecule is CC(C)(N)C(N)c1ccc2nc[nH]c2c1. The lowest BCUT2D eigenvalue weighted by Gasteiger charge is -2.27. The number of benzene rings is 1. The largest absolute Gasteiger partial charge is 0.345 e. The molecule has 1 aromatic heterocycles. The van der Waals surface area contributed by atoms with Crippen molar-refractivity contribution in [3.63, 3.8) is 0 Å². The average Bonchev–Trinajstić information content (AvgIpc) is 2.61. The number of hydrogen-bond donors (Lipinski definition) is 3. The molecule has 1 atom stereocenters. The molecule has 0 saturated carbocycles. The summed E-state index contributed by atoms with van der Waals surface area (Å²) in [6, 6.07) is 5.75. The van der Waals surface area contributed by atoms with E-state index in [9.17, 15) is 0 Å². The van der Waals surface area contributed by atoms with Crippen LogP contribution in [-0.4, -0.2) is 15.5 Å². The van der Waals surface area contributed by atoms with Crippen molar-refractivity contribution in [1.82, 2.24) is 9.97 Å². The Morgan fingerprint density at radius 2 is 2.13 bits per heavy atom. The van der Waals surface area contributed by atoms with Crippen molar-refractivity contribution >= 4 is 11.0 Å². The Hall–Kier alpha value is -1.39. The molecule has 0 aliphatic rings. The zero-order valence-corrected chi connectivity index (χ0v) is 8.99. The van der Waals surface area contributed by atoms with Gasteiger partial charge in [-0.25, -0.2) is 4.98 Å². The molecule has 0 aliphatic carbocycles. The van der Waals surface area contributed by atoms with Gasteiger partial charge in [-0.2, -0.15) is 0 Å². The summed E-state index contributed by atoms with van der Waals surface area (Å²) in [6.45, 7) is 3.85. The molecule has 0 saturated heterocycles. The highest BCUT2D eigenvalue weighted by Crippen LogP contribution is 2.23. The minimum absolute atomic E-state index is 0.176. The van der Waals surface area contributed by atoms with E-state index in [1.807, 2.05) is 32.0 Å². The molecule has 2 aromatic rings. The van der Waals surface area contributed by atoms with Crippen LogP contribution in [0.4, 0.5) is 0 Å². The molecule has 0 aliphatic heterocycles. The standard InChI is InChI=1S/C11H16N4/c1-11(2,13)10(12)7-3-4-8-9(5-7)15-6-14-8/h3-6,10H,12-13H2,1-2H3,(H,14,15). The van der Waals surface area contributed by atoms with Crippen LogP contribution in [0.1, 0.15) is 25.5 Å². The summed E-state index contributed by atoms with van der Waals surface area (Å²) < 4.78 is 0. The van der Waals surface area contributed by atoms with E-state index < -0.39 is 5.54 Å². The highest BCUT2D eigenvalue weighted by Gasteiger charge is 2.22. The Balaban J connectivity index is 2.44. The molecule has 1 unspecified atom stereocenters. The molecule has 0 fully saturated rings. The molecule has 0 amide bonds. The van der Waals surface area contributed by atoms with Crippen molar-refractivity contribution in [2.75, 3.05) is 0 Å². The monoisotopic (exact) mass is 204 g/mol. The molecule has 0 spiro atoms. The maximum Gasteiger partial charge on any atom is 0.0931 e. The normalized spacial score (nSPS) is 14.4. The first-order valence-corrected chi connectivity index (χ1v) is 4.96. The van der Waals surface area contributed by atoms with E-state index in [0.717, 1.165) is 16.6 Å². The van der Waals surface area contributed by atoms with Crippen LogP contribution in [-0.2, 0) is 0 Å². The van der Waals surface area contributed by atoms with Gasteiger partial charge in [0.05, 0.1) is 17.4 Å². The second-order valence-electron chi connectivity index (χ2n) is 4.48. The summed E-state index contributed by atoms with van der Waals surface area (Å²) in [5.41, 5.74) is 14.6. The summed E-state index contributed by atoms with van der Waals surface area (Å²) in [5.74, 6) is 0. The number of fused-ring (bicyclic) bond motifs is 1. The highest BCUT2D eigenvalue weighted by atomic mass is 14.9. The van der Waals surface area contributed by atoms with E-state index in [0.29, 0.717) is 0 Å². The van der Waals surface area contributed by atoms with Crippen molar-refractivity contribution in [3.8, 4) is 0 Å². The maximum atomic E-state index is 6.07. The molecule has 4 heteroatoms. The first-order chi connectivity index (χ1) is 6.98. The van der Waals surface area contributed by atoms with Gasteiger partial charge < -0.3 is 16.5 Å². The van der Waals surface area contributed by atoms with Gasteiger partial charge in [0.1, 0.15) is 0 Å². The minimum atomic E-state index is -0.423. The molecule has 80 valence electrons. The van der Waals surface area contributed by atoms with Gasteiger partial charge in [0.25, 0.3) is 0 Å². The Kier molecular flexibility index (Phi) is 2.25. The van der Waals surface area contributed by atoms with Crippen LogP contribution in [0.2, 0.25) is 0 Å². The summed E-state index contributed by atoms with van der Waals surface area (Å²) in [4.78, 5) is 7.21. The lowest BCUT2D eigenvalue weighted by molar-refractivity contribution is 0.420. The zero-order chi connectivity index (χ0) is 11.1. The second kappa shape index (κ2) is 3.32. The third-order valence-electron chi connectivity index (χ3n) is 2.60. The van der Waals surface area contributed by atoms with Gasteiger partial charge in [-0.05, 0) is 31.5 Å². The van der Waals surface area contributed by atoms with Gasteiger partial charge in [0.2, 0.25) is 0 Å². The minimum Gasteiger partial charge on any atom is -0.345 e. The second-order valence-corrected chi connectivity index (χ2v) is 4.48. The van der Waals surface area contributed by atoms with E-state index in [1.165, 1.54) is 0 Å². The van der Waals surface area contributed by atoms with Gasteiger partial charge in [0, 0.05) is 11.6 Å². The Morgan fingerprint density at radius 3 is 2.80 bits per heavy atom. The van der Waals surface area contributed by atoms with E-state index in [4.69, 9.17) is 11.5 Å². The van der Waals surface area contributed by atoms with E-state index in [1.54, 1.807) is 6.33 Å². The number of nitrogens with two attached hydrogens (primary N) is 2. The molecule has 1 aromatic carbocycles. The number of aromatic nitrogens is 2. The van der Waals surface area contributed by atoms with E-state index in [2.05, 4.69) is 9.97 Å². The number of H-pyrrole nitrogens is 1. The first kappa shape index (κ1) is 10.1. The van der Waals surface area contributed by atoms with Crippen LogP contribution < -0.4 is 11.5 Å². The topological polar surface area (TPSA) is 80.7 Å². The van der Waals surface area contributed by atoms with Crippen molar-refractivity contribution in [1.29, 1.82) is 0 Å². The third kappa shape index (κ3) is 1.86. The fourth-order valence-corrected chi connectivity index (χ4v) is 1.58. The summed E-state index contributed by atoms with van der Waals surface area (Å²) in [7, 11) is 0. The number of nitrogens with zero attached hydrogens (tertiary/aromatic N) is 1. The molecule has 0 bridgehead atoms. The van der Waals surface area contributed by atoms with Crippen molar-refractivity contribution < 1.29 is 0 Å². The first-order valence-electron chi connectivity index (χ1n) is 4.96. The van der Waals surface area contributed by atoms with Crippen LogP contribution in [0, 0.1) is 0 Å². The maximum absolute atomic E-state index is 6.07. The Labute approximate surface area is 88.7 Å². The van der Waals surface area contributed by atoms with Crippen LogP contribution in [0.25, 0.3) is 11.0 Å². The van der Waals surface area contributed by atoms with Crippen LogP contribution in [0.15, 0.2) is 24.5 Å². The molecular formula is C11H16N4. The van der Waals surface area contributed by atoms with Gasteiger partial charge >= 0.3 is 0 Å². The van der Waals surface area contributed by atoms with Crippen molar-refractivity contribution in [2.45, 2.75) is 25.4 Å². The average molecular weight is 204 g/mol. The summed E-state index contributed by atoms with van der Waals surface area (Å²) >= 11 is 0. The fourth-order valence-electron chi connectivity index (χ4n) is 1.58. The predicted octanol–water partition coefficient (Wildman–Crippen LogP) is 1.30. The van der Waals surface area contributed by atoms with Gasteiger partial charge in [0.15, 0.2) is 0 Å². The Bertz CT molecular complexity index is 467. The smallest absolute Gasteiger partial charge is 0.0931 e. The Morgan fingerprint density at radius 1 is 1.40 bits per heavy atom. The summed E-state index contributed by atoms with van der Waals surface area (Å²) in [5, 5.41) is 0. The molecule has 5 N–H and O–H groups in total. The summed E-state index contributed by atoms with van der Waals surface area (Å²) in [6.07, 6.45) is 1.67. The number of imidazole rings is 1. The van der Waals surface area contributed by atoms with Crippen molar-refractivity contribution in [2.24, 2.45) is 11.5 Å². The molecular weight excluding hydrogens is 188 g/mol. The number of rotatable bonds is 2. The van der Waals surface area contributed by atoms with E-state index >= 15 is 0 Å². The lowest BCUT2D eigenvalue weighted by Crippen LogP contribution is -2.43. The molecule has 4 nitrogen and oxygen atoms in total. The molecule has 2 rings (SSSR count). The molecule has 0 radical (unpaired) electrons. The van der Waals surface area contributed by atoms with Gasteiger partial charge in [-0.3, -0.25) is 0 Å². The van der Waals surface area contributed by atoms with Crippen LogP contribution in [0.3, 0.4) is 0 Å². The van der Waals surface area contributed by atoms with E-state index in [-0.39, 0.29) is 6.04 Å². The number of nitrogens with one attached hydrogen (secondary N) is 1. The third-order valence-corrected chi connectivity index (χ3v) is 2.60. The van der Waals surface area contributed by atoms with Gasteiger partial charge in [-0.15, -0.1) is 0 Å². The number of aromatic amines is 1. The highest BCUT2D eigenvalue weighted by molar-refractivity contribution is 5.75. The van der Waals surface area contributed by atoms with Crippen molar-refractivity contribution in [3.05, 3.63) is 30.1 Å². The molecule has 15 heavy (non-hydrogen) atoms. The van der Waals surface area contributed by atoms with Crippen LogP contribution >= 0.6 is 0 Å². The lowest BCUT2D eigenvalue weighted by atomic mass is 9.90.